The Morgan fingerprint density at radius 1 is 1.22 bits per heavy atom. The molecule has 0 radical (unpaired) electrons. The summed E-state index contributed by atoms with van der Waals surface area (Å²) in [6, 6.07) is 9.91. The zero-order valence-corrected chi connectivity index (χ0v) is 10.6. The van der Waals surface area contributed by atoms with Gasteiger partial charge in [-0.15, -0.1) is 0 Å². The van der Waals surface area contributed by atoms with Crippen LogP contribution in [0.3, 0.4) is 0 Å². The largest absolute Gasteiger partial charge is 0.481 e. The van der Waals surface area contributed by atoms with Crippen molar-refractivity contribution in [1.82, 2.24) is 5.32 Å². The van der Waals surface area contributed by atoms with Crippen molar-refractivity contribution in [2.75, 3.05) is 6.54 Å². The second-order valence-corrected chi connectivity index (χ2v) is 4.49. The minimum Gasteiger partial charge on any atom is -0.481 e. The van der Waals surface area contributed by atoms with E-state index in [0.29, 0.717) is 6.54 Å². The molecule has 0 unspecified atom stereocenters. The van der Waals surface area contributed by atoms with Crippen LogP contribution in [0, 0.1) is 5.92 Å². The maximum atomic E-state index is 11.5. The molecule has 4 nitrogen and oxygen atoms in total. The summed E-state index contributed by atoms with van der Waals surface area (Å²) < 4.78 is 0. The fraction of sp³-hybridized carbons (Fsp3) is 0.429. The van der Waals surface area contributed by atoms with Gasteiger partial charge in [-0.25, -0.2) is 0 Å². The highest BCUT2D eigenvalue weighted by atomic mass is 16.4. The van der Waals surface area contributed by atoms with Crippen LogP contribution in [0.2, 0.25) is 0 Å². The summed E-state index contributed by atoms with van der Waals surface area (Å²) in [5.41, 5.74) is 1.18. The standard InChI is InChI=1S/C14H19NO3/c1-11(10-14(17)18)9-13(16)15-8-7-12-5-3-2-4-6-12/h2-6,11H,7-10H2,1H3,(H,15,16)(H,17,18)/t11-/m0/s1. The molecule has 1 aromatic rings. The van der Waals surface area contributed by atoms with Crippen LogP contribution in [0.15, 0.2) is 30.3 Å². The third-order valence-corrected chi connectivity index (χ3v) is 2.64. The minimum atomic E-state index is -0.861. The number of hydrogen-bond donors (Lipinski definition) is 2. The first-order valence-corrected chi connectivity index (χ1v) is 6.10. The molecule has 0 bridgehead atoms. The van der Waals surface area contributed by atoms with E-state index in [-0.39, 0.29) is 24.7 Å². The highest BCUT2D eigenvalue weighted by Crippen LogP contribution is 2.06. The van der Waals surface area contributed by atoms with Gasteiger partial charge in [0.05, 0.1) is 0 Å². The topological polar surface area (TPSA) is 66.4 Å². The van der Waals surface area contributed by atoms with Gasteiger partial charge in [0, 0.05) is 19.4 Å². The van der Waals surface area contributed by atoms with E-state index in [9.17, 15) is 9.59 Å². The SMILES string of the molecule is C[C@H](CC(=O)O)CC(=O)NCCc1ccccc1. The van der Waals surface area contributed by atoms with Crippen molar-refractivity contribution in [1.29, 1.82) is 0 Å². The normalized spacial score (nSPS) is 11.8. The summed E-state index contributed by atoms with van der Waals surface area (Å²) >= 11 is 0. The van der Waals surface area contributed by atoms with Gasteiger partial charge in [-0.2, -0.15) is 0 Å². The first kappa shape index (κ1) is 14.2. The summed E-state index contributed by atoms with van der Waals surface area (Å²) in [6.45, 7) is 2.35. The fourth-order valence-corrected chi connectivity index (χ4v) is 1.75. The maximum Gasteiger partial charge on any atom is 0.303 e. The molecule has 0 spiro atoms. The number of carboxylic acids is 1. The molecule has 0 saturated heterocycles. The molecular formula is C14H19NO3. The molecule has 0 aliphatic rings. The predicted octanol–water partition coefficient (Wildman–Crippen LogP) is 1.85. The number of rotatable bonds is 7. The highest BCUT2D eigenvalue weighted by Gasteiger charge is 2.11. The van der Waals surface area contributed by atoms with E-state index in [1.165, 1.54) is 5.56 Å². The number of nitrogens with one attached hydrogen (secondary N) is 1. The van der Waals surface area contributed by atoms with Crippen molar-refractivity contribution in [3.63, 3.8) is 0 Å². The average molecular weight is 249 g/mol. The van der Waals surface area contributed by atoms with Crippen LogP contribution in [0.25, 0.3) is 0 Å². The summed E-state index contributed by atoms with van der Waals surface area (Å²) in [5, 5.41) is 11.4. The first-order valence-electron chi connectivity index (χ1n) is 6.10. The number of hydrogen-bond acceptors (Lipinski definition) is 2. The fourth-order valence-electron chi connectivity index (χ4n) is 1.75. The highest BCUT2D eigenvalue weighted by molar-refractivity contribution is 5.77. The van der Waals surface area contributed by atoms with E-state index >= 15 is 0 Å². The lowest BCUT2D eigenvalue weighted by Crippen LogP contribution is -2.27. The maximum absolute atomic E-state index is 11.5. The van der Waals surface area contributed by atoms with Crippen molar-refractivity contribution in [2.45, 2.75) is 26.2 Å². The molecule has 0 aliphatic carbocycles. The Balaban J connectivity index is 2.19. The monoisotopic (exact) mass is 249 g/mol. The molecule has 0 aromatic heterocycles. The van der Waals surface area contributed by atoms with Crippen LogP contribution in [0.4, 0.5) is 0 Å². The predicted molar refractivity (Wildman–Crippen MR) is 69.2 cm³/mol. The molecule has 0 aliphatic heterocycles. The van der Waals surface area contributed by atoms with Crippen molar-refractivity contribution >= 4 is 11.9 Å². The van der Waals surface area contributed by atoms with Crippen LogP contribution in [-0.2, 0) is 16.0 Å². The number of carbonyl (C=O) groups is 2. The summed E-state index contributed by atoms with van der Waals surface area (Å²) in [4.78, 5) is 22.0. The van der Waals surface area contributed by atoms with E-state index < -0.39 is 5.97 Å². The van der Waals surface area contributed by atoms with Crippen molar-refractivity contribution in [3.05, 3.63) is 35.9 Å². The lowest BCUT2D eigenvalue weighted by molar-refractivity contribution is -0.138. The van der Waals surface area contributed by atoms with Gasteiger partial charge in [0.1, 0.15) is 0 Å². The number of carbonyl (C=O) groups excluding carboxylic acids is 1. The van der Waals surface area contributed by atoms with Crippen LogP contribution in [-0.4, -0.2) is 23.5 Å². The van der Waals surface area contributed by atoms with E-state index in [1.807, 2.05) is 30.3 Å². The third-order valence-electron chi connectivity index (χ3n) is 2.64. The van der Waals surface area contributed by atoms with Crippen LogP contribution >= 0.6 is 0 Å². The lowest BCUT2D eigenvalue weighted by Gasteiger charge is -2.09. The number of carboxylic acid groups (broad SMARTS) is 1. The summed E-state index contributed by atoms with van der Waals surface area (Å²) in [5.74, 6) is -1.07. The molecule has 1 amide bonds. The second-order valence-electron chi connectivity index (χ2n) is 4.49. The minimum absolute atomic E-state index is 0.0338. The summed E-state index contributed by atoms with van der Waals surface area (Å²) in [6.07, 6.45) is 1.09. The van der Waals surface area contributed by atoms with Crippen molar-refractivity contribution < 1.29 is 14.7 Å². The average Bonchev–Trinajstić information content (AvgIpc) is 2.29. The Kier molecular flexibility index (Phi) is 5.91. The molecule has 2 N–H and O–H groups in total. The van der Waals surface area contributed by atoms with Gasteiger partial charge < -0.3 is 10.4 Å². The Bertz CT molecular complexity index is 389. The van der Waals surface area contributed by atoms with E-state index in [0.717, 1.165) is 6.42 Å². The zero-order valence-electron chi connectivity index (χ0n) is 10.6. The number of benzene rings is 1. The van der Waals surface area contributed by atoms with Crippen molar-refractivity contribution in [3.8, 4) is 0 Å². The van der Waals surface area contributed by atoms with Crippen LogP contribution in [0.5, 0.6) is 0 Å². The number of aliphatic carboxylic acids is 1. The molecule has 1 rings (SSSR count). The van der Waals surface area contributed by atoms with Gasteiger partial charge in [-0.1, -0.05) is 37.3 Å². The molecule has 0 saturated carbocycles. The first-order chi connectivity index (χ1) is 8.58. The van der Waals surface area contributed by atoms with Crippen LogP contribution in [0.1, 0.15) is 25.3 Å². The smallest absolute Gasteiger partial charge is 0.303 e. The van der Waals surface area contributed by atoms with E-state index in [4.69, 9.17) is 5.11 Å². The van der Waals surface area contributed by atoms with Gasteiger partial charge >= 0.3 is 5.97 Å². The number of amides is 1. The van der Waals surface area contributed by atoms with Crippen LogP contribution < -0.4 is 5.32 Å². The van der Waals surface area contributed by atoms with Crippen molar-refractivity contribution in [2.24, 2.45) is 5.92 Å². The Morgan fingerprint density at radius 3 is 2.50 bits per heavy atom. The molecule has 1 aromatic carbocycles. The molecule has 4 heteroatoms. The third kappa shape index (κ3) is 6.03. The Labute approximate surface area is 107 Å². The molecular weight excluding hydrogens is 230 g/mol. The van der Waals surface area contributed by atoms with Gasteiger partial charge in [0.15, 0.2) is 0 Å². The molecule has 0 heterocycles. The van der Waals surface area contributed by atoms with E-state index in [2.05, 4.69) is 5.32 Å². The zero-order chi connectivity index (χ0) is 13.4. The second kappa shape index (κ2) is 7.48. The van der Waals surface area contributed by atoms with Gasteiger partial charge in [-0.3, -0.25) is 9.59 Å². The summed E-state index contributed by atoms with van der Waals surface area (Å²) in [7, 11) is 0. The Morgan fingerprint density at radius 2 is 1.89 bits per heavy atom. The molecule has 98 valence electrons. The molecule has 0 fully saturated rings. The van der Waals surface area contributed by atoms with Gasteiger partial charge in [-0.05, 0) is 17.9 Å². The quantitative estimate of drug-likeness (QED) is 0.775. The molecule has 1 atom stereocenters. The molecule has 18 heavy (non-hydrogen) atoms. The van der Waals surface area contributed by atoms with E-state index in [1.54, 1.807) is 6.92 Å². The lowest BCUT2D eigenvalue weighted by atomic mass is 10.0. The van der Waals surface area contributed by atoms with Gasteiger partial charge in [0.2, 0.25) is 5.91 Å². The van der Waals surface area contributed by atoms with Gasteiger partial charge in [0.25, 0.3) is 0 Å². The Hall–Kier alpha value is -1.84.